The average molecular weight is 375 g/mol. The van der Waals surface area contributed by atoms with Crippen molar-refractivity contribution < 1.29 is 14.2 Å². The van der Waals surface area contributed by atoms with Crippen molar-refractivity contribution >= 4 is 0 Å². The topological polar surface area (TPSA) is 34.3 Å². The van der Waals surface area contributed by atoms with Crippen molar-refractivity contribution in [2.45, 2.75) is 102 Å². The lowest BCUT2D eigenvalue weighted by molar-refractivity contribution is 0.263. The molecular weight excluding hydrogens is 336 g/mol. The molecule has 2 aliphatic heterocycles. The van der Waals surface area contributed by atoms with Crippen LogP contribution in [0.2, 0.25) is 0 Å². The Labute approximate surface area is 165 Å². The summed E-state index contributed by atoms with van der Waals surface area (Å²) in [6.45, 7) is 3.81. The van der Waals surface area contributed by atoms with Crippen molar-refractivity contribution in [2.75, 3.05) is 13.2 Å². The predicted molar refractivity (Wildman–Crippen MR) is 111 cm³/mol. The Morgan fingerprint density at radius 2 is 1.63 bits per heavy atom. The molecule has 1 aromatic rings. The summed E-state index contributed by atoms with van der Waals surface area (Å²) in [6, 6.07) is 8.55. The Hall–Kier alpha value is -1.06. The summed E-state index contributed by atoms with van der Waals surface area (Å²) < 4.78 is 16.8. The highest BCUT2D eigenvalue weighted by molar-refractivity contribution is 5.28. The third kappa shape index (κ3) is 8.66. The molecule has 3 unspecified atom stereocenters. The van der Waals surface area contributed by atoms with Gasteiger partial charge in [0.15, 0.2) is 0 Å². The zero-order valence-electron chi connectivity index (χ0n) is 17.2. The fourth-order valence-electron chi connectivity index (χ4n) is 3.81. The lowest BCUT2D eigenvalue weighted by atomic mass is 10.0. The standard InChI is InChI=1S/C24H38O3/c1-2-3-4-9-15-23-24(27-23)16-10-7-5-6-8-12-20-13-11-14-21(17-20)25-18-22-19-26-22/h11,13-14,17,22-24H,2-10,12,15-16,18-19H2,1H3. The minimum absolute atomic E-state index is 0.325. The number of hydrogen-bond acceptors (Lipinski definition) is 3. The van der Waals surface area contributed by atoms with E-state index in [-0.39, 0.29) is 0 Å². The molecule has 3 rings (SSSR count). The molecule has 2 saturated heterocycles. The van der Waals surface area contributed by atoms with Gasteiger partial charge < -0.3 is 14.2 Å². The van der Waals surface area contributed by atoms with E-state index in [4.69, 9.17) is 14.2 Å². The third-order valence-electron chi connectivity index (χ3n) is 5.72. The molecule has 27 heavy (non-hydrogen) atoms. The van der Waals surface area contributed by atoms with Crippen molar-refractivity contribution in [3.63, 3.8) is 0 Å². The summed E-state index contributed by atoms with van der Waals surface area (Å²) in [7, 11) is 0. The van der Waals surface area contributed by atoms with Crippen LogP contribution in [-0.4, -0.2) is 31.5 Å². The van der Waals surface area contributed by atoms with Gasteiger partial charge in [-0.3, -0.25) is 0 Å². The molecule has 2 fully saturated rings. The van der Waals surface area contributed by atoms with E-state index in [1.165, 1.54) is 76.2 Å². The van der Waals surface area contributed by atoms with Gasteiger partial charge in [0.05, 0.1) is 18.8 Å². The highest BCUT2D eigenvalue weighted by atomic mass is 16.6. The molecular formula is C24H38O3. The Bertz CT molecular complexity index is 526. The van der Waals surface area contributed by atoms with Gasteiger partial charge in [-0.15, -0.1) is 0 Å². The highest BCUT2D eigenvalue weighted by Crippen LogP contribution is 2.31. The maximum atomic E-state index is 5.81. The van der Waals surface area contributed by atoms with Crippen molar-refractivity contribution in [1.82, 2.24) is 0 Å². The van der Waals surface area contributed by atoms with Crippen LogP contribution < -0.4 is 4.74 Å². The summed E-state index contributed by atoms with van der Waals surface area (Å²) in [5.74, 6) is 0.983. The minimum Gasteiger partial charge on any atom is -0.491 e. The fourth-order valence-corrected chi connectivity index (χ4v) is 3.81. The van der Waals surface area contributed by atoms with Gasteiger partial charge in [0.2, 0.25) is 0 Å². The van der Waals surface area contributed by atoms with Gasteiger partial charge in [0.1, 0.15) is 18.5 Å². The molecule has 1 aromatic carbocycles. The SMILES string of the molecule is CCCCCCC1OC1CCCCCCCc1cccc(OCC2CO2)c1. The Balaban J connectivity index is 1.14. The molecule has 3 nitrogen and oxygen atoms in total. The quantitative estimate of drug-likeness (QED) is 0.259. The molecule has 3 heteroatoms. The van der Waals surface area contributed by atoms with E-state index in [1.807, 2.05) is 6.07 Å². The van der Waals surface area contributed by atoms with Crippen LogP contribution in [0.1, 0.15) is 83.1 Å². The maximum Gasteiger partial charge on any atom is 0.119 e. The van der Waals surface area contributed by atoms with Crippen LogP contribution in [0.4, 0.5) is 0 Å². The Morgan fingerprint density at radius 3 is 2.37 bits per heavy atom. The van der Waals surface area contributed by atoms with Crippen LogP contribution >= 0.6 is 0 Å². The van der Waals surface area contributed by atoms with Crippen molar-refractivity contribution in [3.05, 3.63) is 29.8 Å². The fraction of sp³-hybridized carbons (Fsp3) is 0.750. The summed E-state index contributed by atoms with van der Waals surface area (Å²) >= 11 is 0. The summed E-state index contributed by atoms with van der Waals surface area (Å²) in [5.41, 5.74) is 1.39. The van der Waals surface area contributed by atoms with E-state index in [2.05, 4.69) is 25.1 Å². The molecule has 0 saturated carbocycles. The highest BCUT2D eigenvalue weighted by Gasteiger charge is 2.36. The third-order valence-corrected chi connectivity index (χ3v) is 5.72. The van der Waals surface area contributed by atoms with E-state index in [9.17, 15) is 0 Å². The molecule has 0 N–H and O–H groups in total. The van der Waals surface area contributed by atoms with E-state index in [0.29, 0.717) is 24.9 Å². The molecule has 2 aliphatic rings. The minimum atomic E-state index is 0.325. The first kappa shape index (κ1) is 20.7. The Morgan fingerprint density at radius 1 is 0.926 bits per heavy atom. The Kier molecular flexibility index (Phi) is 8.96. The van der Waals surface area contributed by atoms with Crippen LogP contribution in [0.3, 0.4) is 0 Å². The summed E-state index contributed by atoms with van der Waals surface area (Å²) in [4.78, 5) is 0. The molecule has 152 valence electrons. The second kappa shape index (κ2) is 11.7. The number of hydrogen-bond donors (Lipinski definition) is 0. The maximum absolute atomic E-state index is 5.81. The zero-order valence-corrected chi connectivity index (χ0v) is 17.2. The van der Waals surface area contributed by atoms with E-state index >= 15 is 0 Å². The van der Waals surface area contributed by atoms with Gasteiger partial charge in [0, 0.05) is 0 Å². The molecule has 0 aliphatic carbocycles. The van der Waals surface area contributed by atoms with Gasteiger partial charge in [-0.25, -0.2) is 0 Å². The second-order valence-electron chi connectivity index (χ2n) is 8.28. The number of ether oxygens (including phenoxy) is 3. The van der Waals surface area contributed by atoms with Crippen LogP contribution in [0.25, 0.3) is 0 Å². The molecule has 0 radical (unpaired) electrons. The monoisotopic (exact) mass is 374 g/mol. The van der Waals surface area contributed by atoms with Gasteiger partial charge in [-0.1, -0.05) is 70.4 Å². The summed E-state index contributed by atoms with van der Waals surface area (Å²) in [5, 5.41) is 0. The normalized spacial score (nSPS) is 23.4. The van der Waals surface area contributed by atoms with Crippen LogP contribution in [0.5, 0.6) is 5.75 Å². The van der Waals surface area contributed by atoms with Gasteiger partial charge in [0.25, 0.3) is 0 Å². The predicted octanol–water partition coefficient (Wildman–Crippen LogP) is 6.09. The van der Waals surface area contributed by atoms with Crippen molar-refractivity contribution in [1.29, 1.82) is 0 Å². The molecule has 3 atom stereocenters. The summed E-state index contributed by atoms with van der Waals surface area (Å²) in [6.07, 6.45) is 17.3. The largest absolute Gasteiger partial charge is 0.491 e. The molecule has 0 aromatic heterocycles. The van der Waals surface area contributed by atoms with Gasteiger partial charge in [-0.2, -0.15) is 0 Å². The lowest BCUT2D eigenvalue weighted by Crippen LogP contribution is -2.04. The van der Waals surface area contributed by atoms with Crippen LogP contribution in [0.15, 0.2) is 24.3 Å². The zero-order chi connectivity index (χ0) is 18.7. The van der Waals surface area contributed by atoms with E-state index in [0.717, 1.165) is 18.8 Å². The first-order valence-corrected chi connectivity index (χ1v) is 11.3. The number of rotatable bonds is 16. The van der Waals surface area contributed by atoms with E-state index < -0.39 is 0 Å². The van der Waals surface area contributed by atoms with Gasteiger partial charge >= 0.3 is 0 Å². The molecule has 0 amide bonds. The molecule has 0 bridgehead atoms. The molecule has 0 spiro atoms. The van der Waals surface area contributed by atoms with E-state index in [1.54, 1.807) is 0 Å². The average Bonchev–Trinajstić information content (AvgIpc) is 3.60. The number of benzene rings is 1. The first-order chi connectivity index (χ1) is 13.3. The van der Waals surface area contributed by atoms with Gasteiger partial charge in [-0.05, 0) is 43.4 Å². The van der Waals surface area contributed by atoms with Crippen LogP contribution in [-0.2, 0) is 15.9 Å². The van der Waals surface area contributed by atoms with Crippen molar-refractivity contribution in [2.24, 2.45) is 0 Å². The number of aryl methyl sites for hydroxylation is 1. The number of epoxide rings is 2. The second-order valence-corrected chi connectivity index (χ2v) is 8.28. The van der Waals surface area contributed by atoms with Crippen LogP contribution in [0, 0.1) is 0 Å². The lowest BCUT2D eigenvalue weighted by Gasteiger charge is -2.07. The smallest absolute Gasteiger partial charge is 0.119 e. The van der Waals surface area contributed by atoms with Crippen molar-refractivity contribution in [3.8, 4) is 5.75 Å². The number of unbranched alkanes of at least 4 members (excludes halogenated alkanes) is 7. The first-order valence-electron chi connectivity index (χ1n) is 11.3. The molecule has 2 heterocycles.